The maximum atomic E-state index is 5.64. The van der Waals surface area contributed by atoms with Crippen molar-refractivity contribution in [2.75, 3.05) is 14.2 Å². The van der Waals surface area contributed by atoms with Crippen LogP contribution in [0.2, 0.25) is 0 Å². The van der Waals surface area contributed by atoms with Crippen molar-refractivity contribution >= 4 is 10.9 Å². The molecule has 1 heterocycles. The third-order valence-corrected chi connectivity index (χ3v) is 3.94. The number of aryl methyl sites for hydroxylation is 1. The van der Waals surface area contributed by atoms with Crippen LogP contribution in [0.4, 0.5) is 0 Å². The summed E-state index contributed by atoms with van der Waals surface area (Å²) in [4.78, 5) is 0. The van der Waals surface area contributed by atoms with Crippen LogP contribution in [0.15, 0.2) is 24.3 Å². The zero-order chi connectivity index (χ0) is 14.5. The first-order valence-electron chi connectivity index (χ1n) is 7.31. The van der Waals surface area contributed by atoms with E-state index in [1.807, 2.05) is 18.8 Å². The number of hydrogen-bond donors (Lipinski definition) is 1. The SMILES string of the molecule is CCCC(OC)C(Cc1nn(C)c2ccccc12)NC. The normalized spacial score (nSPS) is 14.6. The van der Waals surface area contributed by atoms with Crippen LogP contribution in [0, 0.1) is 0 Å². The van der Waals surface area contributed by atoms with Crippen molar-refractivity contribution in [2.45, 2.75) is 38.3 Å². The van der Waals surface area contributed by atoms with Gasteiger partial charge < -0.3 is 10.1 Å². The maximum Gasteiger partial charge on any atom is 0.0727 e. The second-order valence-electron chi connectivity index (χ2n) is 5.25. The van der Waals surface area contributed by atoms with E-state index in [4.69, 9.17) is 4.74 Å². The summed E-state index contributed by atoms with van der Waals surface area (Å²) >= 11 is 0. The molecule has 4 heteroatoms. The van der Waals surface area contributed by atoms with Gasteiger partial charge in [-0.3, -0.25) is 4.68 Å². The fourth-order valence-corrected chi connectivity index (χ4v) is 2.83. The van der Waals surface area contributed by atoms with E-state index < -0.39 is 0 Å². The molecule has 110 valence electrons. The van der Waals surface area contributed by atoms with Gasteiger partial charge >= 0.3 is 0 Å². The second-order valence-corrected chi connectivity index (χ2v) is 5.25. The minimum absolute atomic E-state index is 0.228. The second kappa shape index (κ2) is 6.86. The Morgan fingerprint density at radius 1 is 1.35 bits per heavy atom. The lowest BCUT2D eigenvalue weighted by molar-refractivity contribution is 0.0631. The summed E-state index contributed by atoms with van der Waals surface area (Å²) in [6.45, 7) is 2.19. The first-order valence-corrected chi connectivity index (χ1v) is 7.31. The van der Waals surface area contributed by atoms with Crippen LogP contribution in [0.25, 0.3) is 10.9 Å². The maximum absolute atomic E-state index is 5.64. The molecule has 0 aliphatic rings. The van der Waals surface area contributed by atoms with Gasteiger partial charge in [0.25, 0.3) is 0 Å². The largest absolute Gasteiger partial charge is 0.380 e. The van der Waals surface area contributed by atoms with Crippen LogP contribution in [0.5, 0.6) is 0 Å². The summed E-state index contributed by atoms with van der Waals surface area (Å²) in [7, 11) is 5.79. The molecule has 0 amide bonds. The fourth-order valence-electron chi connectivity index (χ4n) is 2.83. The Kier molecular flexibility index (Phi) is 5.15. The van der Waals surface area contributed by atoms with Gasteiger partial charge in [-0.15, -0.1) is 0 Å². The van der Waals surface area contributed by atoms with E-state index in [9.17, 15) is 0 Å². The van der Waals surface area contributed by atoms with E-state index in [0.29, 0.717) is 6.04 Å². The van der Waals surface area contributed by atoms with Crippen LogP contribution >= 0.6 is 0 Å². The van der Waals surface area contributed by atoms with E-state index in [0.717, 1.165) is 25.0 Å². The van der Waals surface area contributed by atoms with Gasteiger partial charge in [0.15, 0.2) is 0 Å². The predicted octanol–water partition coefficient (Wildman–Crippen LogP) is 2.52. The molecule has 0 saturated carbocycles. The van der Waals surface area contributed by atoms with Gasteiger partial charge in [-0.05, 0) is 19.5 Å². The Labute approximate surface area is 121 Å². The van der Waals surface area contributed by atoms with Gasteiger partial charge in [-0.25, -0.2) is 0 Å². The van der Waals surface area contributed by atoms with E-state index in [2.05, 4.69) is 41.6 Å². The van der Waals surface area contributed by atoms with Gasteiger partial charge in [0.1, 0.15) is 0 Å². The van der Waals surface area contributed by atoms with Crippen molar-refractivity contribution in [2.24, 2.45) is 7.05 Å². The number of para-hydroxylation sites is 1. The molecule has 0 fully saturated rings. The lowest BCUT2D eigenvalue weighted by Gasteiger charge is -2.25. The number of fused-ring (bicyclic) bond motifs is 1. The van der Waals surface area contributed by atoms with Crippen LogP contribution in [0.3, 0.4) is 0 Å². The van der Waals surface area contributed by atoms with Gasteiger partial charge in [0.2, 0.25) is 0 Å². The number of methoxy groups -OCH3 is 1. The van der Waals surface area contributed by atoms with E-state index in [1.165, 1.54) is 10.9 Å². The Bertz CT molecular complexity index is 550. The molecule has 1 N–H and O–H groups in total. The summed E-state index contributed by atoms with van der Waals surface area (Å²) < 4.78 is 7.60. The first-order chi connectivity index (χ1) is 9.71. The molecule has 2 aromatic rings. The zero-order valence-electron chi connectivity index (χ0n) is 12.9. The van der Waals surface area contributed by atoms with Gasteiger partial charge in [0, 0.05) is 32.0 Å². The fraction of sp³-hybridized carbons (Fsp3) is 0.562. The molecule has 2 rings (SSSR count). The van der Waals surface area contributed by atoms with E-state index >= 15 is 0 Å². The Morgan fingerprint density at radius 3 is 2.75 bits per heavy atom. The summed E-state index contributed by atoms with van der Waals surface area (Å²) in [5.41, 5.74) is 2.32. The highest BCUT2D eigenvalue weighted by molar-refractivity contribution is 5.81. The number of nitrogens with zero attached hydrogens (tertiary/aromatic N) is 2. The zero-order valence-corrected chi connectivity index (χ0v) is 12.9. The smallest absolute Gasteiger partial charge is 0.0727 e. The van der Waals surface area contributed by atoms with Gasteiger partial charge in [-0.2, -0.15) is 5.10 Å². The predicted molar refractivity (Wildman–Crippen MR) is 83.0 cm³/mol. The number of nitrogens with one attached hydrogen (secondary N) is 1. The summed E-state index contributed by atoms with van der Waals surface area (Å²) in [5, 5.41) is 9.30. The molecule has 20 heavy (non-hydrogen) atoms. The average Bonchev–Trinajstić information content (AvgIpc) is 2.79. The number of rotatable bonds is 7. The molecule has 4 nitrogen and oxygen atoms in total. The lowest BCUT2D eigenvalue weighted by atomic mass is 10.00. The van der Waals surface area contributed by atoms with Gasteiger partial charge in [0.05, 0.1) is 17.3 Å². The van der Waals surface area contributed by atoms with Crippen LogP contribution in [0.1, 0.15) is 25.5 Å². The van der Waals surface area contributed by atoms with Crippen molar-refractivity contribution < 1.29 is 4.74 Å². The average molecular weight is 275 g/mol. The van der Waals surface area contributed by atoms with Crippen molar-refractivity contribution in [3.8, 4) is 0 Å². The molecular formula is C16H25N3O. The summed E-state index contributed by atoms with van der Waals surface area (Å²) in [6.07, 6.45) is 3.30. The lowest BCUT2D eigenvalue weighted by Crippen LogP contribution is -2.40. The Morgan fingerprint density at radius 2 is 2.10 bits per heavy atom. The van der Waals surface area contributed by atoms with Crippen LogP contribution < -0.4 is 5.32 Å². The third-order valence-electron chi connectivity index (χ3n) is 3.94. The van der Waals surface area contributed by atoms with E-state index in [1.54, 1.807) is 7.11 Å². The van der Waals surface area contributed by atoms with Crippen molar-refractivity contribution in [3.63, 3.8) is 0 Å². The first kappa shape index (κ1) is 15.0. The van der Waals surface area contributed by atoms with E-state index in [-0.39, 0.29) is 6.10 Å². The van der Waals surface area contributed by atoms with Crippen molar-refractivity contribution in [1.82, 2.24) is 15.1 Å². The highest BCUT2D eigenvalue weighted by atomic mass is 16.5. The molecular weight excluding hydrogens is 250 g/mol. The molecule has 1 aromatic carbocycles. The number of likely N-dealkylation sites (N-methyl/N-ethyl adjacent to an activating group) is 1. The minimum atomic E-state index is 0.228. The highest BCUT2D eigenvalue weighted by Crippen LogP contribution is 2.20. The number of benzene rings is 1. The summed E-state index contributed by atoms with van der Waals surface area (Å²) in [5.74, 6) is 0. The van der Waals surface area contributed by atoms with Crippen molar-refractivity contribution in [1.29, 1.82) is 0 Å². The number of aromatic nitrogens is 2. The highest BCUT2D eigenvalue weighted by Gasteiger charge is 2.21. The molecule has 2 atom stereocenters. The van der Waals surface area contributed by atoms with Crippen LogP contribution in [-0.4, -0.2) is 36.1 Å². The number of hydrogen-bond acceptors (Lipinski definition) is 3. The minimum Gasteiger partial charge on any atom is -0.380 e. The van der Waals surface area contributed by atoms with Gasteiger partial charge in [-0.1, -0.05) is 31.5 Å². The molecule has 0 bridgehead atoms. The third kappa shape index (κ3) is 3.02. The molecule has 0 saturated heterocycles. The Balaban J connectivity index is 2.25. The molecule has 0 spiro atoms. The molecule has 0 aliphatic carbocycles. The topological polar surface area (TPSA) is 39.1 Å². The van der Waals surface area contributed by atoms with Crippen LogP contribution in [-0.2, 0) is 18.2 Å². The molecule has 0 aliphatic heterocycles. The number of ether oxygens (including phenoxy) is 1. The monoisotopic (exact) mass is 275 g/mol. The molecule has 0 radical (unpaired) electrons. The standard InChI is InChI=1S/C16H25N3O/c1-5-8-16(20-4)14(17-2)11-13-12-9-6-7-10-15(12)19(3)18-13/h6-7,9-10,14,16-17H,5,8,11H2,1-4H3. The van der Waals surface area contributed by atoms with Crippen molar-refractivity contribution in [3.05, 3.63) is 30.0 Å². The molecule has 2 unspecified atom stereocenters. The molecule has 1 aromatic heterocycles. The Hall–Kier alpha value is -1.39. The summed E-state index contributed by atoms with van der Waals surface area (Å²) in [6, 6.07) is 8.67. The quantitative estimate of drug-likeness (QED) is 0.844.